The minimum Gasteiger partial charge on any atom is -0.336 e. The van der Waals surface area contributed by atoms with Crippen LogP contribution in [0.4, 0.5) is 8.78 Å². The molecule has 2 aromatic heterocycles. The first-order valence-corrected chi connectivity index (χ1v) is 13.3. The maximum absolute atomic E-state index is 14.2. The number of aryl methyl sites for hydroxylation is 1. The number of imidazole rings is 1. The smallest absolute Gasteiger partial charge is 0.272 e. The number of amides is 1. The largest absolute Gasteiger partial charge is 0.336 e. The second kappa shape index (κ2) is 10.8. The Balaban J connectivity index is 1.68. The van der Waals surface area contributed by atoms with E-state index in [0.29, 0.717) is 5.56 Å². The van der Waals surface area contributed by atoms with E-state index in [-0.39, 0.29) is 34.9 Å². The highest BCUT2D eigenvalue weighted by molar-refractivity contribution is 7.91. The Kier molecular flexibility index (Phi) is 7.70. The van der Waals surface area contributed by atoms with Crippen LogP contribution in [-0.2, 0) is 22.8 Å². The van der Waals surface area contributed by atoms with Crippen LogP contribution in [-0.4, -0.2) is 47.0 Å². The number of pyridine rings is 1. The van der Waals surface area contributed by atoms with Gasteiger partial charge in [0.25, 0.3) is 5.91 Å². The molecular formula is C26H23ClF2N4O3S. The maximum atomic E-state index is 14.2. The number of aromatic nitrogens is 3. The molecule has 37 heavy (non-hydrogen) atoms. The van der Waals surface area contributed by atoms with E-state index in [1.54, 1.807) is 19.3 Å². The highest BCUT2D eigenvalue weighted by atomic mass is 35.5. The number of halogens is 3. The minimum atomic E-state index is -4.08. The summed E-state index contributed by atoms with van der Waals surface area (Å²) in [7, 11) is -2.51. The van der Waals surface area contributed by atoms with Crippen LogP contribution in [0.5, 0.6) is 0 Å². The maximum Gasteiger partial charge on any atom is 0.272 e. The van der Waals surface area contributed by atoms with Gasteiger partial charge in [-0.15, -0.1) is 0 Å². The van der Waals surface area contributed by atoms with Crippen molar-refractivity contribution in [3.8, 4) is 11.3 Å². The number of sulfone groups is 1. The standard InChI is InChI=1S/C26H23ClF2N4O3S/c1-16-14-17(10-12-30-16)15-33(2)25(34)24-23(18-6-8-19(28)9-7-18)31-26(32-24)37(35,36)13-11-20-21(27)4-3-5-22(20)29/h3-10,12,14H,11,13,15H2,1-2H3,(H,31,32). The van der Waals surface area contributed by atoms with E-state index >= 15 is 0 Å². The summed E-state index contributed by atoms with van der Waals surface area (Å²) in [5.41, 5.74) is 2.04. The van der Waals surface area contributed by atoms with Crippen LogP contribution in [0.1, 0.15) is 27.3 Å². The summed E-state index contributed by atoms with van der Waals surface area (Å²) >= 11 is 6.04. The van der Waals surface area contributed by atoms with E-state index in [1.807, 2.05) is 13.0 Å². The zero-order valence-corrected chi connectivity index (χ0v) is 21.6. The Morgan fingerprint density at radius 3 is 2.51 bits per heavy atom. The molecule has 2 aromatic carbocycles. The first-order valence-electron chi connectivity index (χ1n) is 11.2. The molecule has 7 nitrogen and oxygen atoms in total. The summed E-state index contributed by atoms with van der Waals surface area (Å²) in [4.78, 5) is 25.8. The van der Waals surface area contributed by atoms with Crippen molar-refractivity contribution in [2.24, 2.45) is 0 Å². The molecular weight excluding hydrogens is 522 g/mol. The van der Waals surface area contributed by atoms with Gasteiger partial charge in [0.15, 0.2) is 0 Å². The molecule has 0 saturated heterocycles. The molecule has 1 amide bonds. The van der Waals surface area contributed by atoms with Crippen molar-refractivity contribution < 1.29 is 22.0 Å². The van der Waals surface area contributed by atoms with Gasteiger partial charge in [0.2, 0.25) is 15.0 Å². The van der Waals surface area contributed by atoms with Crippen LogP contribution in [0.15, 0.2) is 66.0 Å². The fraction of sp³-hybridized carbons (Fsp3) is 0.192. The second-order valence-electron chi connectivity index (χ2n) is 8.51. The van der Waals surface area contributed by atoms with Crippen molar-refractivity contribution in [3.05, 3.63) is 100.0 Å². The van der Waals surface area contributed by atoms with Gasteiger partial charge < -0.3 is 9.88 Å². The Hall–Kier alpha value is -3.63. The van der Waals surface area contributed by atoms with Crippen LogP contribution in [0.3, 0.4) is 0 Å². The van der Waals surface area contributed by atoms with Gasteiger partial charge in [-0.3, -0.25) is 9.78 Å². The number of nitrogens with one attached hydrogen (secondary N) is 1. The van der Waals surface area contributed by atoms with Crippen molar-refractivity contribution in [2.45, 2.75) is 25.0 Å². The number of carbonyl (C=O) groups excluding carboxylic acids is 1. The third-order valence-electron chi connectivity index (χ3n) is 5.72. The topological polar surface area (TPSA) is 96.0 Å². The number of carbonyl (C=O) groups is 1. The summed E-state index contributed by atoms with van der Waals surface area (Å²) in [5, 5.41) is -0.332. The van der Waals surface area contributed by atoms with E-state index in [4.69, 9.17) is 11.6 Å². The van der Waals surface area contributed by atoms with Crippen LogP contribution in [0.2, 0.25) is 5.02 Å². The summed E-state index contributed by atoms with van der Waals surface area (Å²) in [6, 6.07) is 12.9. The van der Waals surface area contributed by atoms with Gasteiger partial charge in [0.1, 0.15) is 23.0 Å². The van der Waals surface area contributed by atoms with Crippen LogP contribution in [0, 0.1) is 18.6 Å². The fourth-order valence-electron chi connectivity index (χ4n) is 3.81. The molecule has 0 bridgehead atoms. The molecule has 0 unspecified atom stereocenters. The molecule has 192 valence electrons. The second-order valence-corrected chi connectivity index (χ2v) is 10.9. The quantitative estimate of drug-likeness (QED) is 0.337. The highest BCUT2D eigenvalue weighted by Crippen LogP contribution is 2.27. The average Bonchev–Trinajstić information content (AvgIpc) is 3.30. The van der Waals surface area contributed by atoms with Crippen molar-refractivity contribution in [3.63, 3.8) is 0 Å². The van der Waals surface area contributed by atoms with Crippen molar-refractivity contribution in [2.75, 3.05) is 12.8 Å². The molecule has 0 radical (unpaired) electrons. The van der Waals surface area contributed by atoms with Gasteiger partial charge in [0.05, 0.1) is 5.75 Å². The number of aromatic amines is 1. The summed E-state index contributed by atoms with van der Waals surface area (Å²) < 4.78 is 54.0. The molecule has 0 fully saturated rings. The predicted molar refractivity (Wildman–Crippen MR) is 136 cm³/mol. The molecule has 4 rings (SSSR count). The number of rotatable bonds is 8. The normalized spacial score (nSPS) is 11.5. The Bertz CT molecular complexity index is 1540. The Labute approximate surface area is 218 Å². The van der Waals surface area contributed by atoms with Gasteiger partial charge in [-0.2, -0.15) is 0 Å². The van der Waals surface area contributed by atoms with E-state index in [1.165, 1.54) is 47.4 Å². The third-order valence-corrected chi connectivity index (χ3v) is 7.60. The van der Waals surface area contributed by atoms with Crippen LogP contribution < -0.4 is 0 Å². The molecule has 0 aliphatic rings. The van der Waals surface area contributed by atoms with Gasteiger partial charge >= 0.3 is 0 Å². The van der Waals surface area contributed by atoms with Crippen molar-refractivity contribution >= 4 is 27.3 Å². The van der Waals surface area contributed by atoms with Gasteiger partial charge in [-0.25, -0.2) is 22.2 Å². The zero-order chi connectivity index (χ0) is 26.7. The molecule has 0 saturated carbocycles. The molecule has 4 aromatic rings. The highest BCUT2D eigenvalue weighted by Gasteiger charge is 2.28. The SMILES string of the molecule is Cc1cc(CN(C)C(=O)c2[nH]c(S(=O)(=O)CCc3c(F)cccc3Cl)nc2-c2ccc(F)cc2)ccn1. The Morgan fingerprint density at radius 2 is 1.84 bits per heavy atom. The minimum absolute atomic E-state index is 0.0604. The summed E-state index contributed by atoms with van der Waals surface area (Å²) in [6.07, 6.45) is 1.45. The van der Waals surface area contributed by atoms with Crippen molar-refractivity contribution in [1.82, 2.24) is 19.9 Å². The lowest BCUT2D eigenvalue weighted by Gasteiger charge is -2.17. The van der Waals surface area contributed by atoms with E-state index in [2.05, 4.69) is 15.0 Å². The van der Waals surface area contributed by atoms with Gasteiger partial charge in [0, 0.05) is 41.6 Å². The lowest BCUT2D eigenvalue weighted by Crippen LogP contribution is -2.27. The summed E-state index contributed by atoms with van der Waals surface area (Å²) in [6.45, 7) is 2.07. The summed E-state index contributed by atoms with van der Waals surface area (Å²) in [5.74, 6) is -2.12. The number of hydrogen-bond acceptors (Lipinski definition) is 5. The first kappa shape index (κ1) is 26.4. The van der Waals surface area contributed by atoms with Gasteiger partial charge in [-0.1, -0.05) is 17.7 Å². The van der Waals surface area contributed by atoms with E-state index < -0.39 is 38.3 Å². The van der Waals surface area contributed by atoms with E-state index in [9.17, 15) is 22.0 Å². The fourth-order valence-corrected chi connectivity index (χ4v) is 5.23. The third kappa shape index (κ3) is 6.03. The monoisotopic (exact) mass is 544 g/mol. The molecule has 0 atom stereocenters. The molecule has 0 spiro atoms. The lowest BCUT2D eigenvalue weighted by atomic mass is 10.1. The van der Waals surface area contributed by atoms with E-state index in [0.717, 1.165) is 11.3 Å². The molecule has 11 heteroatoms. The molecule has 1 N–H and O–H groups in total. The predicted octanol–water partition coefficient (Wildman–Crippen LogP) is 5.00. The van der Waals surface area contributed by atoms with Crippen LogP contribution >= 0.6 is 11.6 Å². The molecule has 0 aliphatic carbocycles. The zero-order valence-electron chi connectivity index (χ0n) is 20.0. The molecule has 0 aliphatic heterocycles. The number of nitrogens with zero attached hydrogens (tertiary/aromatic N) is 3. The molecule has 2 heterocycles. The van der Waals surface area contributed by atoms with Crippen molar-refractivity contribution in [1.29, 1.82) is 0 Å². The number of benzene rings is 2. The number of hydrogen-bond donors (Lipinski definition) is 1. The first-order chi connectivity index (χ1) is 17.5. The van der Waals surface area contributed by atoms with Gasteiger partial charge in [-0.05, 0) is 67.4 Å². The van der Waals surface area contributed by atoms with Crippen LogP contribution in [0.25, 0.3) is 11.3 Å². The number of H-pyrrole nitrogens is 1. The lowest BCUT2D eigenvalue weighted by molar-refractivity contribution is 0.0780. The Morgan fingerprint density at radius 1 is 1.11 bits per heavy atom. The average molecular weight is 545 g/mol.